The molecule has 0 bridgehead atoms. The number of hydrogen-bond donors (Lipinski definition) is 0. The van der Waals surface area contributed by atoms with Gasteiger partial charge < -0.3 is 9.80 Å². The molecular weight excluding hydrogens is 446 g/mol. The van der Waals surface area contributed by atoms with E-state index in [-0.39, 0.29) is 5.91 Å². The zero-order chi connectivity index (χ0) is 23.1. The van der Waals surface area contributed by atoms with Crippen molar-refractivity contribution >= 4 is 33.8 Å². The quantitative estimate of drug-likeness (QED) is 0.402. The molecule has 0 atom stereocenters. The molecule has 1 saturated heterocycles. The van der Waals surface area contributed by atoms with Crippen molar-refractivity contribution < 1.29 is 4.79 Å². The van der Waals surface area contributed by atoms with E-state index in [1.165, 1.54) is 11.3 Å². The first-order chi connectivity index (χ1) is 16.6. The van der Waals surface area contributed by atoms with E-state index < -0.39 is 0 Å². The monoisotopic (exact) mass is 469 g/mol. The molecule has 0 radical (unpaired) electrons. The summed E-state index contributed by atoms with van der Waals surface area (Å²) in [6.45, 7) is 3.35. The Morgan fingerprint density at radius 1 is 1.00 bits per heavy atom. The number of benzene rings is 1. The minimum absolute atomic E-state index is 0.0983. The molecule has 0 spiro atoms. The summed E-state index contributed by atoms with van der Waals surface area (Å²) >= 11 is 1.48. The van der Waals surface area contributed by atoms with E-state index in [0.29, 0.717) is 12.1 Å². The molecule has 0 unspecified atom stereocenters. The first-order valence-electron chi connectivity index (χ1n) is 11.3. The normalized spacial score (nSPS) is 14.8. The lowest BCUT2D eigenvalue weighted by Gasteiger charge is -2.32. The van der Waals surface area contributed by atoms with Crippen molar-refractivity contribution in [2.45, 2.75) is 6.42 Å². The Bertz CT molecular complexity index is 1500. The van der Waals surface area contributed by atoms with Crippen molar-refractivity contribution in [3.63, 3.8) is 0 Å². The van der Waals surface area contributed by atoms with Crippen LogP contribution in [-0.2, 0) is 6.42 Å². The molecule has 5 aromatic rings. The predicted molar refractivity (Wildman–Crippen MR) is 132 cm³/mol. The van der Waals surface area contributed by atoms with Crippen molar-refractivity contribution in [3.8, 4) is 10.6 Å². The molecule has 1 amide bonds. The van der Waals surface area contributed by atoms with E-state index in [1.54, 1.807) is 10.7 Å². The molecule has 34 heavy (non-hydrogen) atoms. The van der Waals surface area contributed by atoms with Gasteiger partial charge in [0.1, 0.15) is 5.69 Å². The van der Waals surface area contributed by atoms with Crippen LogP contribution in [0.15, 0.2) is 60.8 Å². The van der Waals surface area contributed by atoms with Crippen LogP contribution in [0.1, 0.15) is 21.1 Å². The Labute approximate surface area is 200 Å². The number of aromatic nitrogens is 5. The molecule has 1 fully saturated rings. The van der Waals surface area contributed by atoms with E-state index in [1.807, 2.05) is 41.3 Å². The Morgan fingerprint density at radius 3 is 2.76 bits per heavy atom. The molecule has 8 nitrogen and oxygen atoms in total. The highest BCUT2D eigenvalue weighted by atomic mass is 32.1. The van der Waals surface area contributed by atoms with Gasteiger partial charge in [-0.15, -0.1) is 21.5 Å². The number of hydrogen-bond acceptors (Lipinski definition) is 7. The zero-order valence-corrected chi connectivity index (χ0v) is 19.6. The van der Waals surface area contributed by atoms with Crippen LogP contribution < -0.4 is 0 Å². The van der Waals surface area contributed by atoms with Gasteiger partial charge in [0.05, 0.1) is 15.3 Å². The van der Waals surface area contributed by atoms with Gasteiger partial charge in [0.2, 0.25) is 0 Å². The SMILES string of the molecule is CN1CCN(C(=O)c2ccc(-c3ccc4nnc(Cc5ccc6ncccc6c5)n4n3)s2)CC1. The fourth-order valence-corrected chi connectivity index (χ4v) is 5.19. The second-order valence-electron chi connectivity index (χ2n) is 8.57. The molecule has 0 aliphatic carbocycles. The maximum atomic E-state index is 12.9. The second-order valence-corrected chi connectivity index (χ2v) is 9.66. The summed E-state index contributed by atoms with van der Waals surface area (Å²) in [6.07, 6.45) is 2.41. The maximum absolute atomic E-state index is 12.9. The summed E-state index contributed by atoms with van der Waals surface area (Å²) in [5.41, 5.74) is 3.60. The second kappa shape index (κ2) is 8.58. The molecule has 1 aliphatic heterocycles. The first kappa shape index (κ1) is 20.9. The topological polar surface area (TPSA) is 79.5 Å². The summed E-state index contributed by atoms with van der Waals surface area (Å²) in [5.74, 6) is 0.867. The zero-order valence-electron chi connectivity index (χ0n) is 18.8. The third-order valence-corrected chi connectivity index (χ3v) is 7.31. The highest BCUT2D eigenvalue weighted by Crippen LogP contribution is 2.28. The minimum Gasteiger partial charge on any atom is -0.335 e. The number of amides is 1. The van der Waals surface area contributed by atoms with E-state index in [2.05, 4.69) is 45.3 Å². The molecule has 5 heterocycles. The summed E-state index contributed by atoms with van der Waals surface area (Å²) in [4.78, 5) is 23.2. The van der Waals surface area contributed by atoms with Crippen LogP contribution in [0.3, 0.4) is 0 Å². The third-order valence-electron chi connectivity index (χ3n) is 6.22. The summed E-state index contributed by atoms with van der Waals surface area (Å²) in [6, 6.07) is 18.0. The highest BCUT2D eigenvalue weighted by molar-refractivity contribution is 7.17. The molecule has 170 valence electrons. The first-order valence-corrected chi connectivity index (χ1v) is 12.1. The standard InChI is InChI=1S/C25H23N7OS/c1-30-11-13-31(14-12-30)25(33)22-8-7-21(34-22)20-6-9-23-27-28-24(32(23)29-20)16-17-4-5-19-18(15-17)3-2-10-26-19/h2-10,15H,11-14,16H2,1H3. The number of carbonyl (C=O) groups excluding carboxylic acids is 1. The predicted octanol–water partition coefficient (Wildman–Crippen LogP) is 3.38. The minimum atomic E-state index is 0.0983. The van der Waals surface area contributed by atoms with Gasteiger partial charge in [-0.1, -0.05) is 12.1 Å². The fourth-order valence-electron chi connectivity index (χ4n) is 4.25. The summed E-state index contributed by atoms with van der Waals surface area (Å²) in [7, 11) is 2.09. The molecule has 1 aliphatic rings. The van der Waals surface area contributed by atoms with Gasteiger partial charge >= 0.3 is 0 Å². The van der Waals surface area contributed by atoms with Crippen LogP contribution in [-0.4, -0.2) is 73.7 Å². The Kier molecular flexibility index (Phi) is 5.27. The van der Waals surface area contributed by atoms with E-state index in [4.69, 9.17) is 5.10 Å². The molecule has 0 saturated carbocycles. The van der Waals surface area contributed by atoms with Crippen LogP contribution in [0.25, 0.3) is 27.1 Å². The van der Waals surface area contributed by atoms with Crippen LogP contribution in [0.4, 0.5) is 0 Å². The smallest absolute Gasteiger partial charge is 0.264 e. The highest BCUT2D eigenvalue weighted by Gasteiger charge is 2.22. The molecule has 9 heteroatoms. The lowest BCUT2D eigenvalue weighted by molar-refractivity contribution is 0.0669. The van der Waals surface area contributed by atoms with E-state index in [9.17, 15) is 4.79 Å². The number of thiophene rings is 1. The number of carbonyl (C=O) groups is 1. The molecule has 6 rings (SSSR count). The van der Waals surface area contributed by atoms with E-state index >= 15 is 0 Å². The van der Waals surface area contributed by atoms with Gasteiger partial charge in [0.25, 0.3) is 5.91 Å². The number of piperazine rings is 1. The molecular formula is C25H23N7OS. The van der Waals surface area contributed by atoms with Crippen molar-refractivity contribution in [3.05, 3.63) is 77.1 Å². The Hall–Kier alpha value is -3.69. The Morgan fingerprint density at radius 2 is 1.88 bits per heavy atom. The van der Waals surface area contributed by atoms with Crippen LogP contribution in [0.2, 0.25) is 0 Å². The van der Waals surface area contributed by atoms with Gasteiger partial charge in [-0.2, -0.15) is 9.61 Å². The third kappa shape index (κ3) is 3.93. The maximum Gasteiger partial charge on any atom is 0.264 e. The average molecular weight is 470 g/mol. The van der Waals surface area contributed by atoms with Gasteiger partial charge in [-0.25, -0.2) is 0 Å². The average Bonchev–Trinajstić information content (AvgIpc) is 3.52. The van der Waals surface area contributed by atoms with Crippen LogP contribution >= 0.6 is 11.3 Å². The Balaban J connectivity index is 1.27. The van der Waals surface area contributed by atoms with Gasteiger partial charge in [0.15, 0.2) is 11.5 Å². The van der Waals surface area contributed by atoms with E-state index in [0.717, 1.165) is 63.9 Å². The number of fused-ring (bicyclic) bond motifs is 2. The van der Waals surface area contributed by atoms with Crippen molar-refractivity contribution in [1.29, 1.82) is 0 Å². The molecule has 4 aromatic heterocycles. The number of rotatable bonds is 4. The molecule has 0 N–H and O–H groups in total. The van der Waals surface area contributed by atoms with Gasteiger partial charge in [-0.3, -0.25) is 9.78 Å². The van der Waals surface area contributed by atoms with Gasteiger partial charge in [-0.05, 0) is 55.1 Å². The number of likely N-dealkylation sites (N-methyl/N-ethyl adjacent to an activating group) is 1. The van der Waals surface area contributed by atoms with Crippen LogP contribution in [0.5, 0.6) is 0 Å². The van der Waals surface area contributed by atoms with Crippen molar-refractivity contribution in [2.24, 2.45) is 0 Å². The number of pyridine rings is 1. The lowest BCUT2D eigenvalue weighted by Crippen LogP contribution is -2.46. The largest absolute Gasteiger partial charge is 0.335 e. The number of nitrogens with zero attached hydrogens (tertiary/aromatic N) is 7. The lowest BCUT2D eigenvalue weighted by atomic mass is 10.1. The fraction of sp³-hybridized carbons (Fsp3) is 0.240. The van der Waals surface area contributed by atoms with Crippen molar-refractivity contribution in [1.82, 2.24) is 34.6 Å². The molecule has 1 aromatic carbocycles. The van der Waals surface area contributed by atoms with Gasteiger partial charge in [0, 0.05) is 44.2 Å². The summed E-state index contributed by atoms with van der Waals surface area (Å²) < 4.78 is 1.80. The van der Waals surface area contributed by atoms with Crippen molar-refractivity contribution in [2.75, 3.05) is 33.2 Å². The van der Waals surface area contributed by atoms with Crippen LogP contribution in [0, 0.1) is 0 Å². The summed E-state index contributed by atoms with van der Waals surface area (Å²) in [5, 5.41) is 14.6.